The highest BCUT2D eigenvalue weighted by Gasteiger charge is 2.16. The first kappa shape index (κ1) is 20.0. The van der Waals surface area contributed by atoms with E-state index in [0.29, 0.717) is 15.8 Å². The predicted octanol–water partition coefficient (Wildman–Crippen LogP) is 5.03. The largest absolute Gasteiger partial charge is 0.324 e. The van der Waals surface area contributed by atoms with Crippen molar-refractivity contribution in [3.8, 4) is 11.1 Å². The maximum Gasteiger partial charge on any atom is 0.263 e. The molecule has 7 heteroatoms. The lowest BCUT2D eigenvalue weighted by Gasteiger charge is -2.14. The zero-order valence-corrected chi connectivity index (χ0v) is 17.4. The van der Waals surface area contributed by atoms with Crippen LogP contribution >= 0.6 is 11.3 Å². The lowest BCUT2D eigenvalue weighted by atomic mass is 10.0. The van der Waals surface area contributed by atoms with E-state index in [1.54, 1.807) is 12.1 Å². The Morgan fingerprint density at radius 1 is 1.17 bits per heavy atom. The van der Waals surface area contributed by atoms with Gasteiger partial charge in [0.2, 0.25) is 5.91 Å². The molecule has 30 heavy (non-hydrogen) atoms. The van der Waals surface area contributed by atoms with Crippen LogP contribution in [-0.4, -0.2) is 15.5 Å². The number of aromatic nitrogens is 2. The Morgan fingerprint density at radius 2 is 1.90 bits per heavy atom. The second-order valence-electron chi connectivity index (χ2n) is 7.30. The van der Waals surface area contributed by atoms with Crippen molar-refractivity contribution in [1.82, 2.24) is 9.55 Å². The number of fused-ring (bicyclic) bond motifs is 1. The molecule has 1 amide bonds. The Bertz CT molecular complexity index is 1280. The molecule has 0 radical (unpaired) electrons. The van der Waals surface area contributed by atoms with Gasteiger partial charge in [-0.3, -0.25) is 14.2 Å². The second kappa shape index (κ2) is 8.20. The fraction of sp³-hybridized carbons (Fsp3) is 0.174. The van der Waals surface area contributed by atoms with Gasteiger partial charge in [0.25, 0.3) is 5.56 Å². The number of halogens is 1. The summed E-state index contributed by atoms with van der Waals surface area (Å²) >= 11 is 1.34. The molecule has 2 aromatic carbocycles. The van der Waals surface area contributed by atoms with Gasteiger partial charge in [0.15, 0.2) is 0 Å². The summed E-state index contributed by atoms with van der Waals surface area (Å²) in [7, 11) is 0. The lowest BCUT2D eigenvalue weighted by molar-refractivity contribution is -0.116. The van der Waals surface area contributed by atoms with E-state index in [1.165, 1.54) is 34.4 Å². The number of rotatable bonds is 5. The van der Waals surface area contributed by atoms with Gasteiger partial charge in [0, 0.05) is 16.6 Å². The van der Waals surface area contributed by atoms with Crippen molar-refractivity contribution in [3.05, 3.63) is 82.0 Å². The van der Waals surface area contributed by atoms with Gasteiger partial charge in [0.05, 0.1) is 11.7 Å². The fourth-order valence-corrected chi connectivity index (χ4v) is 4.29. The quantitative estimate of drug-likeness (QED) is 0.492. The standard InChI is InChI=1S/C23H20FN3O2S/c1-14(2)17-5-3-4-6-19(17)26-20(28)11-27-13-25-22-21(23(27)29)18(12-30-22)15-7-9-16(24)10-8-15/h3-10,12-14H,11H2,1-2H3,(H,26,28). The van der Waals surface area contributed by atoms with Gasteiger partial charge < -0.3 is 5.32 Å². The van der Waals surface area contributed by atoms with E-state index in [2.05, 4.69) is 24.1 Å². The van der Waals surface area contributed by atoms with Crippen molar-refractivity contribution in [2.75, 3.05) is 5.32 Å². The number of hydrogen-bond acceptors (Lipinski definition) is 4. The maximum atomic E-state index is 13.3. The maximum absolute atomic E-state index is 13.3. The number of amides is 1. The molecule has 4 aromatic rings. The molecule has 2 aromatic heterocycles. The van der Waals surface area contributed by atoms with E-state index in [4.69, 9.17) is 0 Å². The number of para-hydroxylation sites is 1. The molecular formula is C23H20FN3O2S. The molecule has 0 aliphatic carbocycles. The van der Waals surface area contributed by atoms with E-state index in [0.717, 1.165) is 16.8 Å². The first-order chi connectivity index (χ1) is 14.4. The second-order valence-corrected chi connectivity index (χ2v) is 8.16. The molecule has 0 saturated carbocycles. The third-order valence-corrected chi connectivity index (χ3v) is 5.77. The molecule has 0 spiro atoms. The third kappa shape index (κ3) is 3.89. The molecule has 0 bridgehead atoms. The third-order valence-electron chi connectivity index (χ3n) is 4.89. The summed E-state index contributed by atoms with van der Waals surface area (Å²) in [6.07, 6.45) is 1.39. The average molecular weight is 421 g/mol. The molecule has 0 atom stereocenters. The van der Waals surface area contributed by atoms with E-state index >= 15 is 0 Å². The number of benzene rings is 2. The Kier molecular flexibility index (Phi) is 5.46. The first-order valence-electron chi connectivity index (χ1n) is 9.55. The lowest BCUT2D eigenvalue weighted by Crippen LogP contribution is -2.28. The highest BCUT2D eigenvalue weighted by molar-refractivity contribution is 7.17. The van der Waals surface area contributed by atoms with Crippen molar-refractivity contribution < 1.29 is 9.18 Å². The van der Waals surface area contributed by atoms with Crippen LogP contribution in [0.1, 0.15) is 25.3 Å². The van der Waals surface area contributed by atoms with Gasteiger partial charge in [-0.05, 0) is 35.2 Å². The Labute approximate surface area is 176 Å². The molecule has 0 unspecified atom stereocenters. The van der Waals surface area contributed by atoms with Gasteiger partial charge in [-0.1, -0.05) is 44.2 Å². The van der Waals surface area contributed by atoms with Gasteiger partial charge >= 0.3 is 0 Å². The molecule has 152 valence electrons. The number of hydrogen-bond donors (Lipinski definition) is 1. The summed E-state index contributed by atoms with van der Waals surface area (Å²) in [6, 6.07) is 13.6. The number of thiophene rings is 1. The van der Waals surface area contributed by atoms with Crippen LogP contribution in [0.2, 0.25) is 0 Å². The van der Waals surface area contributed by atoms with Crippen molar-refractivity contribution in [1.29, 1.82) is 0 Å². The molecular weight excluding hydrogens is 401 g/mol. The zero-order chi connectivity index (χ0) is 21.3. The highest BCUT2D eigenvalue weighted by atomic mass is 32.1. The molecule has 4 rings (SSSR count). The van der Waals surface area contributed by atoms with Gasteiger partial charge in [-0.25, -0.2) is 9.37 Å². The summed E-state index contributed by atoms with van der Waals surface area (Å²) in [4.78, 5) is 30.7. The van der Waals surface area contributed by atoms with Crippen molar-refractivity contribution in [3.63, 3.8) is 0 Å². The van der Waals surface area contributed by atoms with E-state index < -0.39 is 0 Å². The van der Waals surface area contributed by atoms with Crippen LogP contribution in [0.5, 0.6) is 0 Å². The van der Waals surface area contributed by atoms with Crippen LogP contribution in [0.25, 0.3) is 21.3 Å². The number of nitrogens with one attached hydrogen (secondary N) is 1. The Balaban J connectivity index is 1.65. The van der Waals surface area contributed by atoms with Crippen LogP contribution in [0.15, 0.2) is 65.0 Å². The van der Waals surface area contributed by atoms with Crippen molar-refractivity contribution >= 4 is 33.1 Å². The number of anilines is 1. The van der Waals surface area contributed by atoms with Crippen LogP contribution in [-0.2, 0) is 11.3 Å². The molecule has 0 aliphatic rings. The van der Waals surface area contributed by atoms with Crippen LogP contribution in [0.3, 0.4) is 0 Å². The summed E-state index contributed by atoms with van der Waals surface area (Å²) in [5.74, 6) is -0.386. The van der Waals surface area contributed by atoms with Crippen molar-refractivity contribution in [2.45, 2.75) is 26.3 Å². The average Bonchev–Trinajstić information content (AvgIpc) is 3.16. The minimum Gasteiger partial charge on any atom is -0.324 e. The number of carbonyl (C=O) groups is 1. The topological polar surface area (TPSA) is 64.0 Å². The molecule has 0 aliphatic heterocycles. The Hall–Kier alpha value is -3.32. The van der Waals surface area contributed by atoms with Crippen LogP contribution in [0, 0.1) is 5.82 Å². The normalized spacial score (nSPS) is 11.2. The molecule has 5 nitrogen and oxygen atoms in total. The summed E-state index contributed by atoms with van der Waals surface area (Å²) in [5.41, 5.74) is 2.89. The fourth-order valence-electron chi connectivity index (χ4n) is 3.38. The van der Waals surface area contributed by atoms with Crippen LogP contribution in [0.4, 0.5) is 10.1 Å². The van der Waals surface area contributed by atoms with Gasteiger partial charge in [-0.2, -0.15) is 0 Å². The minimum atomic E-state index is -0.341. The zero-order valence-electron chi connectivity index (χ0n) is 16.6. The summed E-state index contributed by atoms with van der Waals surface area (Å²) in [6.45, 7) is 3.97. The number of nitrogens with zero attached hydrogens (tertiary/aromatic N) is 2. The Morgan fingerprint density at radius 3 is 2.63 bits per heavy atom. The minimum absolute atomic E-state index is 0.146. The van der Waals surface area contributed by atoms with Gasteiger partial charge in [0.1, 0.15) is 17.2 Å². The SMILES string of the molecule is CC(C)c1ccccc1NC(=O)Cn1cnc2scc(-c3ccc(F)cc3)c2c1=O. The summed E-state index contributed by atoms with van der Waals surface area (Å²) in [5, 5.41) is 5.16. The van der Waals surface area contributed by atoms with E-state index in [1.807, 2.05) is 29.6 Å². The summed E-state index contributed by atoms with van der Waals surface area (Å²) < 4.78 is 14.6. The number of carbonyl (C=O) groups excluding carboxylic acids is 1. The molecule has 0 fully saturated rings. The monoisotopic (exact) mass is 421 g/mol. The van der Waals surface area contributed by atoms with Gasteiger partial charge in [-0.15, -0.1) is 11.3 Å². The highest BCUT2D eigenvalue weighted by Crippen LogP contribution is 2.30. The molecule has 2 heterocycles. The molecule has 0 saturated heterocycles. The first-order valence-corrected chi connectivity index (χ1v) is 10.4. The smallest absolute Gasteiger partial charge is 0.263 e. The van der Waals surface area contributed by atoms with E-state index in [-0.39, 0.29) is 29.7 Å². The van der Waals surface area contributed by atoms with Crippen molar-refractivity contribution in [2.24, 2.45) is 0 Å². The van der Waals surface area contributed by atoms with Crippen LogP contribution < -0.4 is 10.9 Å². The van der Waals surface area contributed by atoms with E-state index in [9.17, 15) is 14.0 Å². The molecule has 1 N–H and O–H groups in total. The predicted molar refractivity (Wildman–Crippen MR) is 118 cm³/mol.